The molecule has 0 aliphatic heterocycles. The fourth-order valence-electron chi connectivity index (χ4n) is 1.95. The zero-order valence-electron chi connectivity index (χ0n) is 10.9. The second kappa shape index (κ2) is 4.60. The first-order valence-electron chi connectivity index (χ1n) is 5.53. The van der Waals surface area contributed by atoms with E-state index in [4.69, 9.17) is 19.7 Å². The Hall–Kier alpha value is -2.17. The minimum Gasteiger partial charge on any atom is -0.493 e. The van der Waals surface area contributed by atoms with Crippen LogP contribution in [-0.2, 0) is 0 Å². The minimum absolute atomic E-state index is 0.289. The van der Waals surface area contributed by atoms with Gasteiger partial charge in [0.2, 0.25) is 5.88 Å². The molecule has 0 atom stereocenters. The molecule has 0 aliphatic carbocycles. The molecule has 5 heteroatoms. The number of rotatable bonds is 3. The summed E-state index contributed by atoms with van der Waals surface area (Å²) in [5.41, 5.74) is 9.22. The van der Waals surface area contributed by atoms with Gasteiger partial charge in [0.15, 0.2) is 11.5 Å². The number of methoxy groups -OCH3 is 2. The molecule has 18 heavy (non-hydrogen) atoms. The van der Waals surface area contributed by atoms with Gasteiger partial charge in [-0.2, -0.15) is 0 Å². The Labute approximate surface area is 105 Å². The second-order valence-electron chi connectivity index (χ2n) is 4.02. The summed E-state index contributed by atoms with van der Waals surface area (Å²) in [6, 6.07) is 3.56. The monoisotopic (exact) mass is 248 g/mol. The Bertz CT molecular complexity index is 576. The van der Waals surface area contributed by atoms with E-state index in [1.54, 1.807) is 20.3 Å². The SMILES string of the molecule is COc1cc(-c2cc(N)on2)c(C)c(C)c1OC. The van der Waals surface area contributed by atoms with Crippen LogP contribution in [0.5, 0.6) is 11.5 Å². The molecule has 0 unspecified atom stereocenters. The van der Waals surface area contributed by atoms with E-state index >= 15 is 0 Å². The van der Waals surface area contributed by atoms with Gasteiger partial charge in [-0.05, 0) is 31.0 Å². The number of nitrogens with zero attached hydrogens (tertiary/aromatic N) is 1. The van der Waals surface area contributed by atoms with E-state index in [0.29, 0.717) is 11.4 Å². The van der Waals surface area contributed by atoms with Crippen LogP contribution in [0, 0.1) is 13.8 Å². The molecule has 1 heterocycles. The maximum atomic E-state index is 5.55. The van der Waals surface area contributed by atoms with Crippen LogP contribution in [0.2, 0.25) is 0 Å². The van der Waals surface area contributed by atoms with Crippen molar-refractivity contribution in [2.45, 2.75) is 13.8 Å². The summed E-state index contributed by atoms with van der Waals surface area (Å²) in [6.07, 6.45) is 0. The summed E-state index contributed by atoms with van der Waals surface area (Å²) in [5, 5.41) is 3.92. The van der Waals surface area contributed by atoms with Crippen molar-refractivity contribution in [3.05, 3.63) is 23.3 Å². The molecule has 96 valence electrons. The van der Waals surface area contributed by atoms with Crippen molar-refractivity contribution in [2.24, 2.45) is 0 Å². The van der Waals surface area contributed by atoms with E-state index in [1.807, 2.05) is 19.9 Å². The topological polar surface area (TPSA) is 70.5 Å². The summed E-state index contributed by atoms with van der Waals surface area (Å²) in [7, 11) is 3.23. The quantitative estimate of drug-likeness (QED) is 0.903. The summed E-state index contributed by atoms with van der Waals surface area (Å²) in [5.74, 6) is 1.68. The molecular weight excluding hydrogens is 232 g/mol. The number of benzene rings is 1. The average molecular weight is 248 g/mol. The standard InChI is InChI=1S/C13H16N2O3/c1-7-8(2)13(17-4)11(16-3)5-9(7)10-6-12(14)18-15-10/h5-6H,14H2,1-4H3. The maximum absolute atomic E-state index is 5.55. The van der Waals surface area contributed by atoms with Gasteiger partial charge in [-0.15, -0.1) is 0 Å². The largest absolute Gasteiger partial charge is 0.493 e. The number of nitrogens with two attached hydrogens (primary N) is 1. The number of hydrogen-bond donors (Lipinski definition) is 1. The molecule has 0 saturated heterocycles. The first-order chi connectivity index (χ1) is 8.58. The van der Waals surface area contributed by atoms with Crippen LogP contribution >= 0.6 is 0 Å². The highest BCUT2D eigenvalue weighted by Gasteiger charge is 2.16. The van der Waals surface area contributed by atoms with Gasteiger partial charge in [0.05, 0.1) is 14.2 Å². The summed E-state index contributed by atoms with van der Waals surface area (Å²) >= 11 is 0. The normalized spacial score (nSPS) is 10.4. The second-order valence-corrected chi connectivity index (χ2v) is 4.02. The number of ether oxygens (including phenoxy) is 2. The number of nitrogen functional groups attached to an aromatic ring is 1. The lowest BCUT2D eigenvalue weighted by atomic mass is 9.99. The molecule has 1 aromatic carbocycles. The molecule has 0 radical (unpaired) electrons. The van der Waals surface area contributed by atoms with E-state index < -0.39 is 0 Å². The third-order valence-corrected chi connectivity index (χ3v) is 3.03. The molecule has 5 nitrogen and oxygen atoms in total. The van der Waals surface area contributed by atoms with Gasteiger partial charge in [-0.25, -0.2) is 0 Å². The van der Waals surface area contributed by atoms with Crippen molar-refractivity contribution in [1.82, 2.24) is 5.16 Å². The van der Waals surface area contributed by atoms with E-state index in [9.17, 15) is 0 Å². The maximum Gasteiger partial charge on any atom is 0.222 e. The molecule has 2 aromatic rings. The molecule has 0 bridgehead atoms. The van der Waals surface area contributed by atoms with Crippen LogP contribution in [0.25, 0.3) is 11.3 Å². The van der Waals surface area contributed by atoms with Gasteiger partial charge in [0, 0.05) is 11.6 Å². The first kappa shape index (κ1) is 12.3. The van der Waals surface area contributed by atoms with Gasteiger partial charge in [0.25, 0.3) is 0 Å². The minimum atomic E-state index is 0.289. The highest BCUT2D eigenvalue weighted by atomic mass is 16.5. The smallest absolute Gasteiger partial charge is 0.222 e. The van der Waals surface area contributed by atoms with Gasteiger partial charge < -0.3 is 19.7 Å². The van der Waals surface area contributed by atoms with Gasteiger partial charge >= 0.3 is 0 Å². The van der Waals surface area contributed by atoms with E-state index in [2.05, 4.69) is 5.16 Å². The van der Waals surface area contributed by atoms with Gasteiger partial charge in [-0.1, -0.05) is 5.16 Å². The summed E-state index contributed by atoms with van der Waals surface area (Å²) in [4.78, 5) is 0. The Morgan fingerprint density at radius 2 is 1.83 bits per heavy atom. The van der Waals surface area contributed by atoms with Crippen LogP contribution in [0.15, 0.2) is 16.7 Å². The van der Waals surface area contributed by atoms with Crippen molar-refractivity contribution in [2.75, 3.05) is 20.0 Å². The molecule has 0 saturated carbocycles. The van der Waals surface area contributed by atoms with Crippen LogP contribution in [0.1, 0.15) is 11.1 Å². The van der Waals surface area contributed by atoms with Crippen molar-refractivity contribution >= 4 is 5.88 Å². The van der Waals surface area contributed by atoms with Gasteiger partial charge in [-0.3, -0.25) is 0 Å². The van der Waals surface area contributed by atoms with E-state index in [0.717, 1.165) is 22.4 Å². The zero-order chi connectivity index (χ0) is 13.3. The number of anilines is 1. The van der Waals surface area contributed by atoms with E-state index in [-0.39, 0.29) is 5.88 Å². The fraction of sp³-hybridized carbons (Fsp3) is 0.308. The molecule has 0 fully saturated rings. The molecule has 2 rings (SSSR count). The molecule has 0 spiro atoms. The van der Waals surface area contributed by atoms with Crippen LogP contribution in [0.4, 0.5) is 5.88 Å². The summed E-state index contributed by atoms with van der Waals surface area (Å²) < 4.78 is 15.6. The third-order valence-electron chi connectivity index (χ3n) is 3.03. The van der Waals surface area contributed by atoms with Crippen LogP contribution in [-0.4, -0.2) is 19.4 Å². The van der Waals surface area contributed by atoms with Crippen molar-refractivity contribution < 1.29 is 14.0 Å². The molecule has 2 N–H and O–H groups in total. The van der Waals surface area contributed by atoms with E-state index in [1.165, 1.54) is 0 Å². The Morgan fingerprint density at radius 1 is 1.11 bits per heavy atom. The first-order valence-corrected chi connectivity index (χ1v) is 5.53. The molecule has 0 aliphatic rings. The Balaban J connectivity index is 2.65. The molecular formula is C13H16N2O3. The molecule has 1 aromatic heterocycles. The van der Waals surface area contributed by atoms with Gasteiger partial charge in [0.1, 0.15) is 5.69 Å². The lowest BCUT2D eigenvalue weighted by molar-refractivity contribution is 0.352. The lowest BCUT2D eigenvalue weighted by Crippen LogP contribution is -1.97. The fourth-order valence-corrected chi connectivity index (χ4v) is 1.95. The van der Waals surface area contributed by atoms with Crippen molar-refractivity contribution in [3.63, 3.8) is 0 Å². The summed E-state index contributed by atoms with van der Waals surface area (Å²) in [6.45, 7) is 3.97. The third kappa shape index (κ3) is 1.88. The van der Waals surface area contributed by atoms with Crippen molar-refractivity contribution in [1.29, 1.82) is 0 Å². The lowest BCUT2D eigenvalue weighted by Gasteiger charge is -2.15. The highest BCUT2D eigenvalue weighted by Crippen LogP contribution is 2.39. The Morgan fingerprint density at radius 3 is 2.33 bits per heavy atom. The molecule has 0 amide bonds. The average Bonchev–Trinajstić information content (AvgIpc) is 2.78. The number of hydrogen-bond acceptors (Lipinski definition) is 5. The predicted octanol–water partition coefficient (Wildman–Crippen LogP) is 2.56. The Kier molecular flexibility index (Phi) is 3.14. The van der Waals surface area contributed by atoms with Crippen LogP contribution in [0.3, 0.4) is 0 Å². The predicted molar refractivity (Wildman–Crippen MR) is 68.9 cm³/mol. The van der Waals surface area contributed by atoms with Crippen molar-refractivity contribution in [3.8, 4) is 22.8 Å². The van der Waals surface area contributed by atoms with Crippen LogP contribution < -0.4 is 15.2 Å². The highest BCUT2D eigenvalue weighted by molar-refractivity contribution is 5.71. The zero-order valence-corrected chi connectivity index (χ0v) is 10.9. The number of aromatic nitrogens is 1.